The Morgan fingerprint density at radius 2 is 2.00 bits per heavy atom. The predicted octanol–water partition coefficient (Wildman–Crippen LogP) is 2.04. The van der Waals surface area contributed by atoms with E-state index in [2.05, 4.69) is 4.74 Å². The van der Waals surface area contributed by atoms with Gasteiger partial charge in [0, 0.05) is 6.54 Å². The molecule has 0 aromatic heterocycles. The Labute approximate surface area is 107 Å². The van der Waals surface area contributed by atoms with E-state index < -0.39 is 18.2 Å². The van der Waals surface area contributed by atoms with Crippen molar-refractivity contribution in [3.63, 3.8) is 0 Å². The van der Waals surface area contributed by atoms with Crippen LogP contribution in [0, 0.1) is 0 Å². The van der Waals surface area contributed by atoms with Crippen molar-refractivity contribution in [2.45, 2.75) is 25.2 Å². The van der Waals surface area contributed by atoms with E-state index in [4.69, 9.17) is 5.73 Å². The summed E-state index contributed by atoms with van der Waals surface area (Å²) in [5.41, 5.74) is 5.73. The first-order chi connectivity index (χ1) is 8.88. The van der Waals surface area contributed by atoms with Crippen LogP contribution in [0.1, 0.15) is 12.8 Å². The number of para-hydroxylation sites is 2. The number of ether oxygens (including phenoxy) is 1. The van der Waals surface area contributed by atoms with Gasteiger partial charge >= 0.3 is 6.36 Å². The molecule has 1 unspecified atom stereocenters. The second kappa shape index (κ2) is 5.08. The number of piperidine rings is 1. The molecule has 1 amide bonds. The fourth-order valence-electron chi connectivity index (χ4n) is 2.03. The van der Waals surface area contributed by atoms with Crippen molar-refractivity contribution >= 4 is 11.6 Å². The van der Waals surface area contributed by atoms with Crippen molar-refractivity contribution in [1.29, 1.82) is 0 Å². The molecule has 1 fully saturated rings. The SMILES string of the molecule is NC1CCCN(c2ccccc2OC(F)(F)F)C1=O. The van der Waals surface area contributed by atoms with Gasteiger partial charge in [0.15, 0.2) is 5.75 Å². The van der Waals surface area contributed by atoms with Gasteiger partial charge < -0.3 is 15.4 Å². The van der Waals surface area contributed by atoms with Gasteiger partial charge in [0.2, 0.25) is 5.91 Å². The molecule has 0 aliphatic carbocycles. The molecule has 0 radical (unpaired) electrons. The summed E-state index contributed by atoms with van der Waals surface area (Å²) in [7, 11) is 0. The number of halogens is 3. The molecule has 2 N–H and O–H groups in total. The predicted molar refractivity (Wildman–Crippen MR) is 62.7 cm³/mol. The number of carbonyl (C=O) groups is 1. The second-order valence-corrected chi connectivity index (χ2v) is 4.25. The summed E-state index contributed by atoms with van der Waals surface area (Å²) in [6.45, 7) is 0.338. The van der Waals surface area contributed by atoms with Crippen LogP contribution in [0.4, 0.5) is 18.9 Å². The molecule has 0 bridgehead atoms. The van der Waals surface area contributed by atoms with Crippen LogP contribution in [0.3, 0.4) is 0 Å². The molecule has 1 aromatic rings. The van der Waals surface area contributed by atoms with Crippen LogP contribution in [0.15, 0.2) is 24.3 Å². The van der Waals surface area contributed by atoms with E-state index in [0.29, 0.717) is 19.4 Å². The Bertz CT molecular complexity index is 476. The fraction of sp³-hybridized carbons (Fsp3) is 0.417. The number of rotatable bonds is 2. The number of amides is 1. The minimum absolute atomic E-state index is 0.0972. The van der Waals surface area contributed by atoms with E-state index in [-0.39, 0.29) is 11.6 Å². The minimum atomic E-state index is -4.79. The second-order valence-electron chi connectivity index (χ2n) is 4.25. The Morgan fingerprint density at radius 3 is 2.68 bits per heavy atom. The van der Waals surface area contributed by atoms with E-state index >= 15 is 0 Å². The molecule has 0 spiro atoms. The third-order valence-electron chi connectivity index (χ3n) is 2.86. The molecule has 2 rings (SSSR count). The van der Waals surface area contributed by atoms with E-state index in [9.17, 15) is 18.0 Å². The maximum atomic E-state index is 12.3. The summed E-state index contributed by atoms with van der Waals surface area (Å²) in [5.74, 6) is -0.776. The van der Waals surface area contributed by atoms with Gasteiger partial charge in [0.1, 0.15) is 0 Å². The van der Waals surface area contributed by atoms with Gasteiger partial charge in [-0.15, -0.1) is 13.2 Å². The van der Waals surface area contributed by atoms with E-state index in [1.807, 2.05) is 0 Å². The first-order valence-corrected chi connectivity index (χ1v) is 5.80. The lowest BCUT2D eigenvalue weighted by Crippen LogP contribution is -2.48. The maximum absolute atomic E-state index is 12.3. The van der Waals surface area contributed by atoms with Crippen LogP contribution in [0.25, 0.3) is 0 Å². The minimum Gasteiger partial charge on any atom is -0.404 e. The van der Waals surface area contributed by atoms with E-state index in [1.165, 1.54) is 23.1 Å². The molecule has 1 saturated heterocycles. The summed E-state index contributed by atoms with van der Waals surface area (Å²) < 4.78 is 40.9. The molecule has 1 aromatic carbocycles. The van der Waals surface area contributed by atoms with E-state index in [1.54, 1.807) is 6.07 Å². The highest BCUT2D eigenvalue weighted by atomic mass is 19.4. The zero-order chi connectivity index (χ0) is 14.0. The molecule has 1 aliphatic heterocycles. The lowest BCUT2D eigenvalue weighted by molar-refractivity contribution is -0.274. The van der Waals surface area contributed by atoms with Gasteiger partial charge in [-0.25, -0.2) is 0 Å². The third kappa shape index (κ3) is 3.17. The van der Waals surface area contributed by atoms with Crippen LogP contribution >= 0.6 is 0 Å². The summed E-state index contributed by atoms with van der Waals surface area (Å²) in [5, 5.41) is 0. The number of alkyl halides is 3. The topological polar surface area (TPSA) is 55.6 Å². The monoisotopic (exact) mass is 274 g/mol. The van der Waals surface area contributed by atoms with Gasteiger partial charge in [-0.3, -0.25) is 4.79 Å². The number of carbonyl (C=O) groups excluding carboxylic acids is 1. The quantitative estimate of drug-likeness (QED) is 0.897. The molecule has 1 heterocycles. The van der Waals surface area contributed by atoms with Gasteiger partial charge in [-0.1, -0.05) is 12.1 Å². The van der Waals surface area contributed by atoms with Gasteiger partial charge in [-0.2, -0.15) is 0 Å². The molecular weight excluding hydrogens is 261 g/mol. The Balaban J connectivity index is 2.31. The number of nitrogens with zero attached hydrogens (tertiary/aromatic N) is 1. The highest BCUT2D eigenvalue weighted by Gasteiger charge is 2.34. The average Bonchev–Trinajstić information content (AvgIpc) is 2.32. The number of anilines is 1. The van der Waals surface area contributed by atoms with Gasteiger partial charge in [-0.05, 0) is 25.0 Å². The summed E-state index contributed by atoms with van der Waals surface area (Å²) >= 11 is 0. The van der Waals surface area contributed by atoms with Crippen LogP contribution in [-0.2, 0) is 4.79 Å². The standard InChI is InChI=1S/C12H13F3N2O2/c13-12(14,15)19-10-6-2-1-5-9(10)17-7-3-4-8(16)11(17)18/h1-2,5-6,8H,3-4,7,16H2. The number of nitrogens with two attached hydrogens (primary N) is 1. The van der Waals surface area contributed by atoms with Crippen LogP contribution in [-0.4, -0.2) is 24.9 Å². The molecule has 1 aliphatic rings. The van der Waals surface area contributed by atoms with E-state index in [0.717, 1.165) is 0 Å². The molecule has 0 saturated carbocycles. The smallest absolute Gasteiger partial charge is 0.404 e. The van der Waals surface area contributed by atoms with Crippen molar-refractivity contribution in [2.75, 3.05) is 11.4 Å². The maximum Gasteiger partial charge on any atom is 0.573 e. The molecular formula is C12H13F3N2O2. The summed E-state index contributed by atoms with van der Waals surface area (Å²) in [4.78, 5) is 13.2. The lowest BCUT2D eigenvalue weighted by atomic mass is 10.0. The molecule has 4 nitrogen and oxygen atoms in total. The van der Waals surface area contributed by atoms with Crippen molar-refractivity contribution in [1.82, 2.24) is 0 Å². The largest absolute Gasteiger partial charge is 0.573 e. The van der Waals surface area contributed by atoms with Crippen LogP contribution < -0.4 is 15.4 Å². The average molecular weight is 274 g/mol. The van der Waals surface area contributed by atoms with Crippen LogP contribution in [0.2, 0.25) is 0 Å². The van der Waals surface area contributed by atoms with Crippen molar-refractivity contribution in [3.8, 4) is 5.75 Å². The van der Waals surface area contributed by atoms with Crippen LogP contribution in [0.5, 0.6) is 5.75 Å². The normalized spacial score (nSPS) is 20.5. The summed E-state index contributed by atoms with van der Waals surface area (Å²) in [6, 6.07) is 4.88. The van der Waals surface area contributed by atoms with Gasteiger partial charge in [0.25, 0.3) is 0 Å². The molecule has 7 heteroatoms. The highest BCUT2D eigenvalue weighted by Crippen LogP contribution is 2.34. The van der Waals surface area contributed by atoms with Crippen molar-refractivity contribution in [3.05, 3.63) is 24.3 Å². The number of hydrogen-bond donors (Lipinski definition) is 1. The van der Waals surface area contributed by atoms with Crippen molar-refractivity contribution < 1.29 is 22.7 Å². The Hall–Kier alpha value is -1.76. The Kier molecular flexibility index (Phi) is 3.66. The Morgan fingerprint density at radius 1 is 1.32 bits per heavy atom. The van der Waals surface area contributed by atoms with Crippen molar-refractivity contribution in [2.24, 2.45) is 5.73 Å². The first kappa shape index (κ1) is 13.7. The zero-order valence-corrected chi connectivity index (χ0v) is 9.98. The highest BCUT2D eigenvalue weighted by molar-refractivity contribution is 5.98. The zero-order valence-electron chi connectivity index (χ0n) is 9.98. The fourth-order valence-corrected chi connectivity index (χ4v) is 2.03. The van der Waals surface area contributed by atoms with Gasteiger partial charge in [0.05, 0.1) is 11.7 Å². The number of hydrogen-bond acceptors (Lipinski definition) is 3. The molecule has 104 valence electrons. The third-order valence-corrected chi connectivity index (χ3v) is 2.86. The lowest BCUT2D eigenvalue weighted by Gasteiger charge is -2.31. The molecule has 1 atom stereocenters. The number of benzene rings is 1. The summed E-state index contributed by atoms with van der Waals surface area (Å²) in [6.07, 6.45) is -3.61. The first-order valence-electron chi connectivity index (χ1n) is 5.80. The molecule has 19 heavy (non-hydrogen) atoms.